The predicted molar refractivity (Wildman–Crippen MR) is 128 cm³/mol. The summed E-state index contributed by atoms with van der Waals surface area (Å²) in [7, 11) is 0. The molecule has 1 N–H and O–H groups in total. The standard InChI is InChI=1S/C25H17ClN2O2S/c26-21-14-18(10-12-20(21)25-28-22-7-3-4-8-23(22)31-25)27-24(29)15-30-19-11-9-16-5-1-2-6-17(16)13-19/h1-14H,15H2,(H,27,29). The molecule has 0 saturated heterocycles. The van der Waals surface area contributed by atoms with E-state index in [-0.39, 0.29) is 12.5 Å². The Morgan fingerprint density at radius 3 is 2.58 bits per heavy atom. The molecule has 0 atom stereocenters. The number of hydrogen-bond donors (Lipinski definition) is 1. The third-order valence-electron chi connectivity index (χ3n) is 4.87. The Bertz CT molecular complexity index is 1380. The summed E-state index contributed by atoms with van der Waals surface area (Å²) in [5.74, 6) is 0.398. The maximum atomic E-state index is 12.3. The number of ether oxygens (including phenoxy) is 1. The largest absolute Gasteiger partial charge is 0.484 e. The zero-order valence-corrected chi connectivity index (χ0v) is 17.9. The van der Waals surface area contributed by atoms with E-state index < -0.39 is 0 Å². The van der Waals surface area contributed by atoms with Gasteiger partial charge in [0.05, 0.1) is 15.2 Å². The van der Waals surface area contributed by atoms with Gasteiger partial charge in [-0.1, -0.05) is 54.1 Å². The zero-order valence-electron chi connectivity index (χ0n) is 16.3. The molecule has 0 spiro atoms. The van der Waals surface area contributed by atoms with Crippen molar-refractivity contribution in [2.24, 2.45) is 0 Å². The number of carbonyl (C=O) groups is 1. The molecule has 6 heteroatoms. The summed E-state index contributed by atoms with van der Waals surface area (Å²) in [5.41, 5.74) is 2.40. The number of anilines is 1. The van der Waals surface area contributed by atoms with Crippen LogP contribution in [0.2, 0.25) is 5.02 Å². The first-order valence-corrected chi connectivity index (χ1v) is 10.9. The van der Waals surface area contributed by atoms with E-state index >= 15 is 0 Å². The topological polar surface area (TPSA) is 51.2 Å². The summed E-state index contributed by atoms with van der Waals surface area (Å²) >= 11 is 8.08. The Morgan fingerprint density at radius 1 is 0.935 bits per heavy atom. The number of halogens is 1. The third kappa shape index (κ3) is 4.24. The number of amides is 1. The fourth-order valence-electron chi connectivity index (χ4n) is 3.36. The van der Waals surface area contributed by atoms with Crippen LogP contribution in [0.25, 0.3) is 31.6 Å². The molecule has 1 heterocycles. The molecule has 4 nitrogen and oxygen atoms in total. The van der Waals surface area contributed by atoms with Crippen LogP contribution in [0.1, 0.15) is 0 Å². The van der Waals surface area contributed by atoms with E-state index in [0.717, 1.165) is 31.6 Å². The molecular weight excluding hydrogens is 428 g/mol. The van der Waals surface area contributed by atoms with Gasteiger partial charge < -0.3 is 10.1 Å². The number of benzene rings is 4. The number of para-hydroxylation sites is 1. The molecule has 0 aliphatic heterocycles. The van der Waals surface area contributed by atoms with Crippen LogP contribution in [0.5, 0.6) is 5.75 Å². The maximum absolute atomic E-state index is 12.3. The highest BCUT2D eigenvalue weighted by atomic mass is 35.5. The van der Waals surface area contributed by atoms with Crippen molar-refractivity contribution in [1.29, 1.82) is 0 Å². The number of hydrogen-bond acceptors (Lipinski definition) is 4. The molecule has 0 radical (unpaired) electrons. The number of carbonyl (C=O) groups excluding carboxylic acids is 1. The fraction of sp³-hybridized carbons (Fsp3) is 0.0400. The molecule has 1 aromatic heterocycles. The van der Waals surface area contributed by atoms with Gasteiger partial charge in [0.15, 0.2) is 6.61 Å². The van der Waals surface area contributed by atoms with Crippen molar-refractivity contribution < 1.29 is 9.53 Å². The summed E-state index contributed by atoms with van der Waals surface area (Å²) < 4.78 is 6.76. The van der Waals surface area contributed by atoms with E-state index in [1.54, 1.807) is 17.4 Å². The van der Waals surface area contributed by atoms with Crippen molar-refractivity contribution >= 4 is 55.5 Å². The van der Waals surface area contributed by atoms with E-state index in [0.29, 0.717) is 16.5 Å². The van der Waals surface area contributed by atoms with E-state index in [2.05, 4.69) is 10.3 Å². The zero-order chi connectivity index (χ0) is 21.2. The molecule has 0 fully saturated rings. The molecule has 0 unspecified atom stereocenters. The van der Waals surface area contributed by atoms with Crippen molar-refractivity contribution in [1.82, 2.24) is 4.98 Å². The van der Waals surface area contributed by atoms with Crippen molar-refractivity contribution in [3.8, 4) is 16.3 Å². The summed E-state index contributed by atoms with van der Waals surface area (Å²) in [5, 5.41) is 6.41. The Hall–Kier alpha value is -3.41. The van der Waals surface area contributed by atoms with E-state index in [9.17, 15) is 4.79 Å². The van der Waals surface area contributed by atoms with E-state index in [4.69, 9.17) is 16.3 Å². The Morgan fingerprint density at radius 2 is 1.74 bits per heavy atom. The highest BCUT2D eigenvalue weighted by Gasteiger charge is 2.12. The van der Waals surface area contributed by atoms with Gasteiger partial charge >= 0.3 is 0 Å². The van der Waals surface area contributed by atoms with Gasteiger partial charge in [-0.3, -0.25) is 4.79 Å². The predicted octanol–water partition coefficient (Wildman–Crippen LogP) is 6.79. The first kappa shape index (κ1) is 19.5. The van der Waals surface area contributed by atoms with E-state index in [1.165, 1.54) is 0 Å². The second-order valence-corrected chi connectivity index (χ2v) is 8.47. The molecule has 152 valence electrons. The molecule has 0 saturated carbocycles. The number of thiazole rings is 1. The average Bonchev–Trinajstić information content (AvgIpc) is 3.21. The molecule has 0 aliphatic rings. The summed E-state index contributed by atoms with van der Waals surface area (Å²) in [6.45, 7) is -0.0877. The molecule has 0 aliphatic carbocycles. The van der Waals surface area contributed by atoms with Crippen LogP contribution in [-0.2, 0) is 4.79 Å². The second-order valence-electron chi connectivity index (χ2n) is 7.03. The monoisotopic (exact) mass is 444 g/mol. The minimum absolute atomic E-state index is 0.0877. The number of nitrogens with one attached hydrogen (secondary N) is 1. The van der Waals surface area contributed by atoms with Crippen LogP contribution in [0.4, 0.5) is 5.69 Å². The summed E-state index contributed by atoms with van der Waals surface area (Å²) in [6.07, 6.45) is 0. The first-order valence-electron chi connectivity index (χ1n) is 9.73. The lowest BCUT2D eigenvalue weighted by atomic mass is 10.1. The SMILES string of the molecule is O=C(COc1ccc2ccccc2c1)Nc1ccc(-c2nc3ccccc3s2)c(Cl)c1. The Kier molecular flexibility index (Phi) is 5.28. The molecular formula is C25H17ClN2O2S. The van der Waals surface area contributed by atoms with Gasteiger partial charge in [-0.25, -0.2) is 4.98 Å². The van der Waals surface area contributed by atoms with Gasteiger partial charge in [-0.05, 0) is 53.2 Å². The quantitative estimate of drug-likeness (QED) is 0.324. The van der Waals surface area contributed by atoms with Crippen LogP contribution in [0.3, 0.4) is 0 Å². The van der Waals surface area contributed by atoms with Gasteiger partial charge in [-0.15, -0.1) is 11.3 Å². The summed E-state index contributed by atoms with van der Waals surface area (Å²) in [6, 6.07) is 27.2. The van der Waals surface area contributed by atoms with Gasteiger partial charge in [0.1, 0.15) is 10.8 Å². The highest BCUT2D eigenvalue weighted by molar-refractivity contribution is 7.21. The normalized spacial score (nSPS) is 11.0. The number of rotatable bonds is 5. The molecule has 1 amide bonds. The van der Waals surface area contributed by atoms with Crippen molar-refractivity contribution in [2.45, 2.75) is 0 Å². The molecule has 31 heavy (non-hydrogen) atoms. The first-order chi connectivity index (χ1) is 15.2. The Labute approximate surface area is 188 Å². The molecule has 5 rings (SSSR count). The van der Waals surface area contributed by atoms with Crippen molar-refractivity contribution in [3.63, 3.8) is 0 Å². The lowest BCUT2D eigenvalue weighted by molar-refractivity contribution is -0.118. The minimum atomic E-state index is -0.253. The third-order valence-corrected chi connectivity index (χ3v) is 6.25. The van der Waals surface area contributed by atoms with E-state index in [1.807, 2.05) is 78.9 Å². The smallest absolute Gasteiger partial charge is 0.262 e. The number of aromatic nitrogens is 1. The molecule has 0 bridgehead atoms. The maximum Gasteiger partial charge on any atom is 0.262 e. The van der Waals surface area contributed by atoms with Gasteiger partial charge in [0.25, 0.3) is 5.91 Å². The van der Waals surface area contributed by atoms with Gasteiger partial charge in [-0.2, -0.15) is 0 Å². The molecule has 4 aromatic carbocycles. The number of fused-ring (bicyclic) bond motifs is 2. The van der Waals surface area contributed by atoms with Crippen LogP contribution in [0.15, 0.2) is 84.9 Å². The van der Waals surface area contributed by atoms with Crippen LogP contribution >= 0.6 is 22.9 Å². The average molecular weight is 445 g/mol. The van der Waals surface area contributed by atoms with Gasteiger partial charge in [0.2, 0.25) is 0 Å². The molecule has 5 aromatic rings. The van der Waals surface area contributed by atoms with Crippen molar-refractivity contribution in [2.75, 3.05) is 11.9 Å². The highest BCUT2D eigenvalue weighted by Crippen LogP contribution is 2.35. The van der Waals surface area contributed by atoms with Crippen LogP contribution < -0.4 is 10.1 Å². The second kappa shape index (κ2) is 8.38. The number of nitrogens with zero attached hydrogens (tertiary/aromatic N) is 1. The summed E-state index contributed by atoms with van der Waals surface area (Å²) in [4.78, 5) is 17.0. The van der Waals surface area contributed by atoms with Gasteiger partial charge in [0, 0.05) is 11.3 Å². The lowest BCUT2D eigenvalue weighted by Crippen LogP contribution is -2.20. The van der Waals surface area contributed by atoms with Crippen LogP contribution in [0, 0.1) is 0 Å². The fourth-order valence-corrected chi connectivity index (χ4v) is 4.69. The van der Waals surface area contributed by atoms with Crippen LogP contribution in [-0.4, -0.2) is 17.5 Å². The lowest BCUT2D eigenvalue weighted by Gasteiger charge is -2.09. The van der Waals surface area contributed by atoms with Crippen molar-refractivity contribution in [3.05, 3.63) is 90.0 Å². The minimum Gasteiger partial charge on any atom is -0.484 e. The Balaban J connectivity index is 1.26.